The first-order valence-corrected chi connectivity index (χ1v) is 7.50. The van der Waals surface area contributed by atoms with Crippen LogP contribution in [0.1, 0.15) is 52.4 Å². The Morgan fingerprint density at radius 1 is 1.28 bits per heavy atom. The van der Waals surface area contributed by atoms with Crippen molar-refractivity contribution in [1.29, 1.82) is 0 Å². The molecule has 4 nitrogen and oxygen atoms in total. The standard InChI is InChI=1S/C14H28N4/c1-11(2)10-16-14(17-15)18-9-5-8-13(18)12-6-3-4-7-12/h11-13H,3-10,15H2,1-2H3,(H,16,17). The third-order valence-electron chi connectivity index (χ3n) is 4.25. The van der Waals surface area contributed by atoms with Gasteiger partial charge in [-0.3, -0.25) is 10.4 Å². The maximum Gasteiger partial charge on any atom is 0.208 e. The molecule has 1 aliphatic heterocycles. The Kier molecular flexibility index (Phi) is 4.87. The van der Waals surface area contributed by atoms with Crippen molar-refractivity contribution in [1.82, 2.24) is 10.3 Å². The van der Waals surface area contributed by atoms with Gasteiger partial charge in [0.25, 0.3) is 0 Å². The van der Waals surface area contributed by atoms with E-state index in [1.54, 1.807) is 0 Å². The van der Waals surface area contributed by atoms with Crippen LogP contribution in [-0.4, -0.2) is 30.0 Å². The number of guanidine groups is 1. The fourth-order valence-electron chi connectivity index (χ4n) is 3.38. The molecule has 1 unspecified atom stereocenters. The van der Waals surface area contributed by atoms with Crippen LogP contribution in [0.5, 0.6) is 0 Å². The Bertz CT molecular complexity index is 282. The summed E-state index contributed by atoms with van der Waals surface area (Å²) >= 11 is 0. The predicted octanol–water partition coefficient (Wildman–Crippen LogP) is 2.12. The summed E-state index contributed by atoms with van der Waals surface area (Å²) in [5.74, 6) is 8.04. The lowest BCUT2D eigenvalue weighted by molar-refractivity contribution is 0.273. The Balaban J connectivity index is 2.01. The van der Waals surface area contributed by atoms with Gasteiger partial charge in [0.15, 0.2) is 0 Å². The van der Waals surface area contributed by atoms with Gasteiger partial charge in [-0.05, 0) is 37.5 Å². The smallest absolute Gasteiger partial charge is 0.208 e. The first kappa shape index (κ1) is 13.7. The van der Waals surface area contributed by atoms with Gasteiger partial charge in [-0.2, -0.15) is 0 Å². The van der Waals surface area contributed by atoms with Crippen LogP contribution in [0.25, 0.3) is 0 Å². The predicted molar refractivity (Wildman–Crippen MR) is 76.1 cm³/mol. The summed E-state index contributed by atoms with van der Waals surface area (Å²) in [6, 6.07) is 0.675. The average molecular weight is 252 g/mol. The number of nitrogens with zero attached hydrogens (tertiary/aromatic N) is 2. The van der Waals surface area contributed by atoms with E-state index in [-0.39, 0.29) is 0 Å². The molecule has 4 heteroatoms. The third kappa shape index (κ3) is 3.16. The van der Waals surface area contributed by atoms with Gasteiger partial charge in [-0.25, -0.2) is 5.84 Å². The lowest BCUT2D eigenvalue weighted by Gasteiger charge is -2.31. The zero-order chi connectivity index (χ0) is 13.0. The molecule has 104 valence electrons. The van der Waals surface area contributed by atoms with Crippen molar-refractivity contribution in [2.45, 2.75) is 58.4 Å². The van der Waals surface area contributed by atoms with Crippen LogP contribution in [0, 0.1) is 11.8 Å². The number of hydrazine groups is 1. The Hall–Kier alpha value is -0.770. The highest BCUT2D eigenvalue weighted by atomic mass is 15.4. The normalized spacial score (nSPS) is 26.3. The van der Waals surface area contributed by atoms with Crippen LogP contribution in [-0.2, 0) is 0 Å². The minimum Gasteiger partial charge on any atom is -0.339 e. The molecule has 0 spiro atoms. The van der Waals surface area contributed by atoms with Gasteiger partial charge in [-0.15, -0.1) is 0 Å². The van der Waals surface area contributed by atoms with E-state index in [2.05, 4.69) is 29.2 Å². The van der Waals surface area contributed by atoms with Crippen LogP contribution in [0.4, 0.5) is 0 Å². The highest BCUT2D eigenvalue weighted by molar-refractivity contribution is 5.80. The molecule has 3 N–H and O–H groups in total. The van der Waals surface area contributed by atoms with Crippen LogP contribution in [0.3, 0.4) is 0 Å². The molecule has 2 fully saturated rings. The van der Waals surface area contributed by atoms with Crippen LogP contribution >= 0.6 is 0 Å². The van der Waals surface area contributed by atoms with E-state index in [1.165, 1.54) is 38.5 Å². The lowest BCUT2D eigenvalue weighted by Crippen LogP contribution is -2.49. The maximum atomic E-state index is 5.68. The van der Waals surface area contributed by atoms with E-state index in [1.807, 2.05) is 0 Å². The van der Waals surface area contributed by atoms with Crippen molar-refractivity contribution in [3.8, 4) is 0 Å². The molecule has 1 aliphatic carbocycles. The fraction of sp³-hybridized carbons (Fsp3) is 0.929. The fourth-order valence-corrected chi connectivity index (χ4v) is 3.38. The number of nitrogens with two attached hydrogens (primary N) is 1. The number of rotatable bonds is 3. The zero-order valence-electron chi connectivity index (χ0n) is 11.9. The summed E-state index contributed by atoms with van der Waals surface area (Å²) < 4.78 is 0. The first-order valence-electron chi connectivity index (χ1n) is 7.50. The minimum absolute atomic E-state index is 0.584. The van der Waals surface area contributed by atoms with Crippen molar-refractivity contribution < 1.29 is 0 Å². The van der Waals surface area contributed by atoms with Gasteiger partial charge in [0.1, 0.15) is 0 Å². The zero-order valence-corrected chi connectivity index (χ0v) is 11.9. The topological polar surface area (TPSA) is 53.6 Å². The largest absolute Gasteiger partial charge is 0.339 e. The van der Waals surface area contributed by atoms with E-state index in [0.717, 1.165) is 25.0 Å². The van der Waals surface area contributed by atoms with Crippen molar-refractivity contribution in [3.05, 3.63) is 0 Å². The Morgan fingerprint density at radius 2 is 2.00 bits per heavy atom. The third-order valence-corrected chi connectivity index (χ3v) is 4.25. The summed E-state index contributed by atoms with van der Waals surface area (Å²) in [7, 11) is 0. The van der Waals surface area contributed by atoms with Gasteiger partial charge >= 0.3 is 0 Å². The summed E-state index contributed by atoms with van der Waals surface area (Å²) in [4.78, 5) is 7.08. The molecule has 0 amide bonds. The molecule has 0 aromatic heterocycles. The van der Waals surface area contributed by atoms with Crippen molar-refractivity contribution >= 4 is 5.96 Å². The summed E-state index contributed by atoms with van der Waals surface area (Å²) in [5, 5.41) is 0. The number of likely N-dealkylation sites (tertiary alicyclic amines) is 1. The number of nitrogens with one attached hydrogen (secondary N) is 1. The molecule has 1 saturated heterocycles. The Morgan fingerprint density at radius 3 is 2.61 bits per heavy atom. The quantitative estimate of drug-likeness (QED) is 0.350. The molecular formula is C14H28N4. The summed E-state index contributed by atoms with van der Waals surface area (Å²) in [6.07, 6.45) is 8.19. The summed E-state index contributed by atoms with van der Waals surface area (Å²) in [5.41, 5.74) is 2.83. The Labute approximate surface area is 111 Å². The van der Waals surface area contributed by atoms with Gasteiger partial charge in [-0.1, -0.05) is 26.7 Å². The second kappa shape index (κ2) is 6.41. The average Bonchev–Trinajstić information content (AvgIpc) is 2.99. The maximum absolute atomic E-state index is 5.68. The second-order valence-corrected chi connectivity index (χ2v) is 6.15. The lowest BCUT2D eigenvalue weighted by atomic mass is 9.96. The van der Waals surface area contributed by atoms with Gasteiger partial charge in [0, 0.05) is 19.1 Å². The van der Waals surface area contributed by atoms with Gasteiger partial charge < -0.3 is 4.90 Å². The van der Waals surface area contributed by atoms with Crippen LogP contribution in [0.2, 0.25) is 0 Å². The number of hydrogen-bond donors (Lipinski definition) is 2. The molecule has 0 aromatic carbocycles. The van der Waals surface area contributed by atoms with Crippen molar-refractivity contribution in [3.63, 3.8) is 0 Å². The molecule has 2 aliphatic rings. The molecule has 1 heterocycles. The van der Waals surface area contributed by atoms with E-state index in [4.69, 9.17) is 5.84 Å². The molecule has 0 bridgehead atoms. The number of hydrogen-bond acceptors (Lipinski definition) is 2. The van der Waals surface area contributed by atoms with E-state index in [0.29, 0.717) is 12.0 Å². The first-order chi connectivity index (χ1) is 8.72. The molecule has 18 heavy (non-hydrogen) atoms. The van der Waals surface area contributed by atoms with Crippen molar-refractivity contribution in [2.75, 3.05) is 13.1 Å². The molecule has 1 saturated carbocycles. The molecular weight excluding hydrogens is 224 g/mol. The highest BCUT2D eigenvalue weighted by Gasteiger charge is 2.34. The van der Waals surface area contributed by atoms with E-state index >= 15 is 0 Å². The molecule has 2 rings (SSSR count). The minimum atomic E-state index is 0.584. The highest BCUT2D eigenvalue weighted by Crippen LogP contribution is 2.35. The van der Waals surface area contributed by atoms with Crippen LogP contribution < -0.4 is 11.3 Å². The number of aliphatic imine (C=N–C) groups is 1. The SMILES string of the molecule is CC(C)CN=C(NN)N1CCCC1C1CCCC1. The van der Waals surface area contributed by atoms with E-state index in [9.17, 15) is 0 Å². The molecule has 1 atom stereocenters. The second-order valence-electron chi connectivity index (χ2n) is 6.15. The molecule has 0 radical (unpaired) electrons. The van der Waals surface area contributed by atoms with Crippen LogP contribution in [0.15, 0.2) is 4.99 Å². The van der Waals surface area contributed by atoms with Gasteiger partial charge in [0.2, 0.25) is 5.96 Å². The molecule has 0 aromatic rings. The summed E-state index contributed by atoms with van der Waals surface area (Å²) in [6.45, 7) is 6.35. The monoisotopic (exact) mass is 252 g/mol. The van der Waals surface area contributed by atoms with Gasteiger partial charge in [0.05, 0.1) is 0 Å². The van der Waals surface area contributed by atoms with E-state index < -0.39 is 0 Å². The van der Waals surface area contributed by atoms with Crippen molar-refractivity contribution in [2.24, 2.45) is 22.7 Å².